The Morgan fingerprint density at radius 1 is 1.16 bits per heavy atom. The number of aromatic nitrogens is 2. The summed E-state index contributed by atoms with van der Waals surface area (Å²) in [6.45, 7) is 0.0986. The van der Waals surface area contributed by atoms with E-state index in [9.17, 15) is 18.0 Å². The summed E-state index contributed by atoms with van der Waals surface area (Å²) in [6, 6.07) is 9.42. The highest BCUT2D eigenvalue weighted by Gasteiger charge is 2.30. The fourth-order valence-corrected chi connectivity index (χ4v) is 2.13. The molecule has 3 aromatic rings. The van der Waals surface area contributed by atoms with Gasteiger partial charge in [-0.1, -0.05) is 17.3 Å². The smallest absolute Gasteiger partial charge is 0.359 e. The van der Waals surface area contributed by atoms with Crippen molar-refractivity contribution in [1.82, 2.24) is 15.5 Å². The first-order valence-electron chi connectivity index (χ1n) is 7.25. The first-order chi connectivity index (χ1) is 11.9. The molecule has 25 heavy (non-hydrogen) atoms. The van der Waals surface area contributed by atoms with Crippen molar-refractivity contribution in [3.63, 3.8) is 0 Å². The van der Waals surface area contributed by atoms with E-state index in [0.717, 1.165) is 12.1 Å². The van der Waals surface area contributed by atoms with E-state index in [4.69, 9.17) is 4.52 Å². The summed E-state index contributed by atoms with van der Waals surface area (Å²) in [7, 11) is 0. The fourth-order valence-electron chi connectivity index (χ4n) is 2.13. The number of hydrogen-bond acceptors (Lipinski definition) is 4. The molecule has 8 heteroatoms. The van der Waals surface area contributed by atoms with Crippen LogP contribution in [-0.2, 0) is 12.7 Å². The van der Waals surface area contributed by atoms with Gasteiger partial charge in [0.25, 0.3) is 5.91 Å². The highest BCUT2D eigenvalue weighted by molar-refractivity contribution is 5.93. The molecule has 0 unspecified atom stereocenters. The van der Waals surface area contributed by atoms with Crippen LogP contribution in [0.5, 0.6) is 0 Å². The Morgan fingerprint density at radius 3 is 2.56 bits per heavy atom. The van der Waals surface area contributed by atoms with Crippen molar-refractivity contribution in [2.45, 2.75) is 12.7 Å². The topological polar surface area (TPSA) is 68.0 Å². The first kappa shape index (κ1) is 16.7. The van der Waals surface area contributed by atoms with Gasteiger partial charge in [-0.05, 0) is 24.3 Å². The van der Waals surface area contributed by atoms with Crippen molar-refractivity contribution in [2.75, 3.05) is 0 Å². The van der Waals surface area contributed by atoms with Crippen LogP contribution in [0.25, 0.3) is 11.3 Å². The van der Waals surface area contributed by atoms with Crippen molar-refractivity contribution in [3.8, 4) is 11.3 Å². The molecule has 2 aromatic heterocycles. The summed E-state index contributed by atoms with van der Waals surface area (Å²) >= 11 is 0. The maximum atomic E-state index is 12.6. The molecule has 1 amide bonds. The van der Waals surface area contributed by atoms with Crippen LogP contribution >= 0.6 is 0 Å². The van der Waals surface area contributed by atoms with E-state index < -0.39 is 11.7 Å². The third-order valence-electron chi connectivity index (χ3n) is 3.41. The maximum absolute atomic E-state index is 12.6. The van der Waals surface area contributed by atoms with E-state index in [0.29, 0.717) is 22.6 Å². The second-order valence-electron chi connectivity index (χ2n) is 5.18. The molecule has 1 aromatic carbocycles. The van der Waals surface area contributed by atoms with Gasteiger partial charge in [0.05, 0.1) is 17.7 Å². The Labute approximate surface area is 140 Å². The third-order valence-corrected chi connectivity index (χ3v) is 3.41. The Morgan fingerprint density at radius 2 is 1.92 bits per heavy atom. The number of rotatable bonds is 4. The molecule has 0 radical (unpaired) electrons. The maximum Gasteiger partial charge on any atom is 0.416 e. The zero-order valence-corrected chi connectivity index (χ0v) is 12.7. The molecule has 0 bridgehead atoms. The van der Waals surface area contributed by atoms with Crippen molar-refractivity contribution in [2.24, 2.45) is 0 Å². The number of amides is 1. The Balaban J connectivity index is 1.65. The number of carbonyl (C=O) groups excluding carboxylic acids is 1. The largest absolute Gasteiger partial charge is 0.416 e. The molecular formula is C17H12F3N3O2. The molecule has 0 saturated carbocycles. The average Bonchev–Trinajstić information content (AvgIpc) is 3.09. The van der Waals surface area contributed by atoms with Crippen LogP contribution in [0.2, 0.25) is 0 Å². The minimum Gasteiger partial charge on any atom is -0.359 e. The van der Waals surface area contributed by atoms with E-state index in [1.165, 1.54) is 18.3 Å². The molecule has 5 nitrogen and oxygen atoms in total. The van der Waals surface area contributed by atoms with E-state index in [1.54, 1.807) is 24.4 Å². The zero-order chi connectivity index (χ0) is 17.9. The summed E-state index contributed by atoms with van der Waals surface area (Å²) in [5.41, 5.74) is 0.551. The van der Waals surface area contributed by atoms with E-state index >= 15 is 0 Å². The lowest BCUT2D eigenvalue weighted by Gasteiger charge is -2.06. The monoisotopic (exact) mass is 347 g/mol. The number of halogens is 3. The summed E-state index contributed by atoms with van der Waals surface area (Å²) in [4.78, 5) is 15.8. The normalized spacial score (nSPS) is 11.3. The number of carbonyl (C=O) groups is 1. The van der Waals surface area contributed by atoms with Crippen LogP contribution in [0.4, 0.5) is 13.2 Å². The number of hydrogen-bond donors (Lipinski definition) is 1. The fraction of sp³-hybridized carbons (Fsp3) is 0.118. The predicted octanol–water partition coefficient (Wildman–Crippen LogP) is 3.69. The SMILES string of the molecule is O=C(NCc1cc(-c2ccc(C(F)(F)F)cc2)no1)c1cccnc1. The zero-order valence-electron chi connectivity index (χ0n) is 12.7. The van der Waals surface area contributed by atoms with Gasteiger partial charge in [-0.25, -0.2) is 0 Å². The highest BCUT2D eigenvalue weighted by atomic mass is 19.4. The van der Waals surface area contributed by atoms with Crippen LogP contribution in [0.3, 0.4) is 0 Å². The molecule has 128 valence electrons. The summed E-state index contributed by atoms with van der Waals surface area (Å²) in [5, 5.41) is 6.46. The van der Waals surface area contributed by atoms with E-state index in [2.05, 4.69) is 15.5 Å². The Bertz CT molecular complexity index is 859. The molecule has 0 aliphatic rings. The van der Waals surface area contributed by atoms with Gasteiger partial charge >= 0.3 is 6.18 Å². The van der Waals surface area contributed by atoms with Crippen LogP contribution < -0.4 is 5.32 Å². The second-order valence-corrected chi connectivity index (χ2v) is 5.18. The molecule has 2 heterocycles. The van der Waals surface area contributed by atoms with Gasteiger partial charge in [-0.2, -0.15) is 13.2 Å². The molecule has 3 rings (SSSR count). The van der Waals surface area contributed by atoms with Gasteiger partial charge in [0.15, 0.2) is 5.76 Å². The van der Waals surface area contributed by atoms with Crippen LogP contribution in [0, 0.1) is 0 Å². The lowest BCUT2D eigenvalue weighted by molar-refractivity contribution is -0.137. The van der Waals surface area contributed by atoms with Gasteiger partial charge in [0.1, 0.15) is 5.69 Å². The number of nitrogens with one attached hydrogen (secondary N) is 1. The molecule has 0 fully saturated rings. The molecular weight excluding hydrogens is 335 g/mol. The molecule has 0 atom stereocenters. The predicted molar refractivity (Wildman–Crippen MR) is 82.3 cm³/mol. The first-order valence-corrected chi connectivity index (χ1v) is 7.25. The van der Waals surface area contributed by atoms with Crippen molar-refractivity contribution >= 4 is 5.91 Å². The minimum absolute atomic E-state index is 0.0986. The second kappa shape index (κ2) is 6.76. The van der Waals surface area contributed by atoms with Gasteiger partial charge in [-0.3, -0.25) is 9.78 Å². The van der Waals surface area contributed by atoms with E-state index in [1.807, 2.05) is 0 Å². The Hall–Kier alpha value is -3.16. The van der Waals surface area contributed by atoms with Crippen LogP contribution in [0.1, 0.15) is 21.7 Å². The number of benzene rings is 1. The number of pyridine rings is 1. The standard InChI is InChI=1S/C17H12F3N3O2/c18-17(19,20)13-5-3-11(4-6-13)15-8-14(25-23-15)10-22-16(24)12-2-1-7-21-9-12/h1-9H,10H2,(H,22,24). The molecule has 0 saturated heterocycles. The molecule has 1 N–H and O–H groups in total. The minimum atomic E-state index is -4.38. The third kappa shape index (κ3) is 4.03. The molecule has 0 aliphatic heterocycles. The lowest BCUT2D eigenvalue weighted by Crippen LogP contribution is -2.22. The number of nitrogens with zero attached hydrogens (tertiary/aromatic N) is 2. The van der Waals surface area contributed by atoms with Crippen LogP contribution in [0.15, 0.2) is 59.4 Å². The van der Waals surface area contributed by atoms with Gasteiger partial charge in [0, 0.05) is 24.0 Å². The quantitative estimate of drug-likeness (QED) is 0.782. The van der Waals surface area contributed by atoms with Gasteiger partial charge in [0.2, 0.25) is 0 Å². The highest BCUT2D eigenvalue weighted by Crippen LogP contribution is 2.30. The summed E-state index contributed by atoms with van der Waals surface area (Å²) in [6.07, 6.45) is -1.39. The van der Waals surface area contributed by atoms with Gasteiger partial charge in [-0.15, -0.1) is 0 Å². The number of alkyl halides is 3. The molecule has 0 aliphatic carbocycles. The van der Waals surface area contributed by atoms with Crippen molar-refractivity contribution in [3.05, 3.63) is 71.7 Å². The van der Waals surface area contributed by atoms with E-state index in [-0.39, 0.29) is 12.5 Å². The average molecular weight is 347 g/mol. The summed E-state index contributed by atoms with van der Waals surface area (Å²) < 4.78 is 42.8. The van der Waals surface area contributed by atoms with Gasteiger partial charge < -0.3 is 9.84 Å². The Kier molecular flexibility index (Phi) is 4.51. The lowest BCUT2D eigenvalue weighted by atomic mass is 10.1. The van der Waals surface area contributed by atoms with Crippen molar-refractivity contribution in [1.29, 1.82) is 0 Å². The molecule has 0 spiro atoms. The summed E-state index contributed by atoms with van der Waals surface area (Å²) in [5.74, 6) is 0.0627. The van der Waals surface area contributed by atoms with Crippen molar-refractivity contribution < 1.29 is 22.5 Å². The van der Waals surface area contributed by atoms with Crippen LogP contribution in [-0.4, -0.2) is 16.0 Å².